The van der Waals surface area contributed by atoms with Crippen LogP contribution < -0.4 is 0 Å². The first kappa shape index (κ1) is 12.0. The van der Waals surface area contributed by atoms with Crippen molar-refractivity contribution in [3.8, 4) is 0 Å². The standard InChI is InChI=1S/C15H26O2/c1-12-6-7-13(2)9-14(3,17)10-15(13,8-12)5-4-11(12)16/h11,16-17H,4-10H2,1-3H3/t11-,12?,13+,14-,15?/m0/s1. The van der Waals surface area contributed by atoms with Crippen molar-refractivity contribution in [1.82, 2.24) is 0 Å². The van der Waals surface area contributed by atoms with E-state index in [1.54, 1.807) is 0 Å². The Kier molecular flexibility index (Phi) is 2.17. The topological polar surface area (TPSA) is 40.5 Å². The highest BCUT2D eigenvalue weighted by Crippen LogP contribution is 2.71. The van der Waals surface area contributed by atoms with Crippen molar-refractivity contribution >= 4 is 0 Å². The van der Waals surface area contributed by atoms with Gasteiger partial charge in [-0.1, -0.05) is 13.8 Å². The van der Waals surface area contributed by atoms with Crippen LogP contribution in [0.2, 0.25) is 0 Å². The molecule has 3 saturated carbocycles. The van der Waals surface area contributed by atoms with Gasteiger partial charge in [0.1, 0.15) is 0 Å². The number of rotatable bonds is 0. The van der Waals surface area contributed by atoms with E-state index in [0.717, 1.165) is 38.5 Å². The molecule has 17 heavy (non-hydrogen) atoms. The summed E-state index contributed by atoms with van der Waals surface area (Å²) in [5.74, 6) is 0. The summed E-state index contributed by atoms with van der Waals surface area (Å²) in [6, 6.07) is 0. The minimum Gasteiger partial charge on any atom is -0.393 e. The quantitative estimate of drug-likeness (QED) is 0.681. The summed E-state index contributed by atoms with van der Waals surface area (Å²) in [7, 11) is 0. The van der Waals surface area contributed by atoms with E-state index in [2.05, 4.69) is 13.8 Å². The first-order valence-electron chi connectivity index (χ1n) is 7.11. The van der Waals surface area contributed by atoms with Gasteiger partial charge < -0.3 is 10.2 Å². The highest BCUT2D eigenvalue weighted by molar-refractivity contribution is 5.15. The summed E-state index contributed by atoms with van der Waals surface area (Å²) >= 11 is 0. The van der Waals surface area contributed by atoms with Crippen molar-refractivity contribution in [1.29, 1.82) is 0 Å². The Morgan fingerprint density at radius 1 is 0.941 bits per heavy atom. The predicted octanol–water partition coefficient (Wildman–Crippen LogP) is 2.87. The van der Waals surface area contributed by atoms with E-state index < -0.39 is 5.60 Å². The van der Waals surface area contributed by atoms with Crippen molar-refractivity contribution in [3.05, 3.63) is 0 Å². The SMILES string of the molecule is CC12CC[C@]3(C)C[C@](C)(O)CC3(CC[C@@H]1O)C2. The molecule has 3 rings (SSSR count). The predicted molar refractivity (Wildman–Crippen MR) is 67.6 cm³/mol. The highest BCUT2D eigenvalue weighted by atomic mass is 16.3. The molecule has 0 aromatic carbocycles. The van der Waals surface area contributed by atoms with Gasteiger partial charge in [-0.3, -0.25) is 0 Å². The minimum absolute atomic E-state index is 0.109. The maximum absolute atomic E-state index is 10.5. The Labute approximate surface area is 104 Å². The van der Waals surface area contributed by atoms with Gasteiger partial charge in [-0.05, 0) is 68.1 Å². The Bertz CT molecular complexity index is 351. The van der Waals surface area contributed by atoms with Crippen LogP contribution >= 0.6 is 0 Å². The van der Waals surface area contributed by atoms with Crippen molar-refractivity contribution in [3.63, 3.8) is 0 Å². The molecular formula is C15H26O2. The van der Waals surface area contributed by atoms with Crippen LogP contribution in [-0.4, -0.2) is 21.9 Å². The third-order valence-corrected chi connectivity index (χ3v) is 6.46. The molecule has 2 unspecified atom stereocenters. The fourth-order valence-corrected chi connectivity index (χ4v) is 5.61. The summed E-state index contributed by atoms with van der Waals surface area (Å²) in [5.41, 5.74) is 0.222. The van der Waals surface area contributed by atoms with Gasteiger partial charge in [-0.25, -0.2) is 0 Å². The summed E-state index contributed by atoms with van der Waals surface area (Å²) in [4.78, 5) is 0. The fourth-order valence-electron chi connectivity index (χ4n) is 5.61. The molecule has 0 saturated heterocycles. The van der Waals surface area contributed by atoms with E-state index in [0.29, 0.717) is 10.8 Å². The summed E-state index contributed by atoms with van der Waals surface area (Å²) in [5, 5.41) is 20.7. The molecule has 0 aromatic heterocycles. The average Bonchev–Trinajstić information content (AvgIpc) is 2.38. The smallest absolute Gasteiger partial charge is 0.0630 e. The second-order valence-electron chi connectivity index (χ2n) is 8.08. The monoisotopic (exact) mass is 238 g/mol. The van der Waals surface area contributed by atoms with Crippen LogP contribution in [0, 0.1) is 16.2 Å². The van der Waals surface area contributed by atoms with Crippen LogP contribution in [0.15, 0.2) is 0 Å². The van der Waals surface area contributed by atoms with Crippen molar-refractivity contribution in [2.75, 3.05) is 0 Å². The van der Waals surface area contributed by atoms with Crippen LogP contribution in [0.1, 0.15) is 65.7 Å². The zero-order valence-electron chi connectivity index (χ0n) is 11.4. The number of hydrogen-bond acceptors (Lipinski definition) is 2. The Balaban J connectivity index is 2.00. The van der Waals surface area contributed by atoms with Gasteiger partial charge in [0, 0.05) is 0 Å². The lowest BCUT2D eigenvalue weighted by atomic mass is 9.46. The normalized spacial score (nSPS) is 62.3. The van der Waals surface area contributed by atoms with Gasteiger partial charge in [0.05, 0.1) is 11.7 Å². The molecule has 3 aliphatic carbocycles. The van der Waals surface area contributed by atoms with Crippen molar-refractivity contribution in [2.45, 2.75) is 77.4 Å². The number of aliphatic hydroxyl groups excluding tert-OH is 1. The summed E-state index contributed by atoms with van der Waals surface area (Å²) in [6.07, 6.45) is 7.24. The summed E-state index contributed by atoms with van der Waals surface area (Å²) < 4.78 is 0. The van der Waals surface area contributed by atoms with Crippen molar-refractivity contribution in [2.24, 2.45) is 16.2 Å². The third kappa shape index (κ3) is 1.46. The molecule has 2 heteroatoms. The minimum atomic E-state index is -0.484. The van der Waals surface area contributed by atoms with Gasteiger partial charge in [-0.15, -0.1) is 0 Å². The van der Waals surface area contributed by atoms with Gasteiger partial charge in [0.2, 0.25) is 0 Å². The fraction of sp³-hybridized carbons (Fsp3) is 1.00. The van der Waals surface area contributed by atoms with Gasteiger partial charge >= 0.3 is 0 Å². The van der Waals surface area contributed by atoms with Crippen LogP contribution in [-0.2, 0) is 0 Å². The maximum Gasteiger partial charge on any atom is 0.0630 e. The molecule has 0 radical (unpaired) electrons. The Morgan fingerprint density at radius 3 is 2.35 bits per heavy atom. The molecule has 98 valence electrons. The molecule has 3 aliphatic rings. The summed E-state index contributed by atoms with van der Waals surface area (Å²) in [6.45, 7) is 6.64. The molecule has 0 aromatic rings. The van der Waals surface area contributed by atoms with Gasteiger partial charge in [0.25, 0.3) is 0 Å². The zero-order chi connectivity index (χ0) is 12.5. The molecule has 1 spiro atoms. The lowest BCUT2D eigenvalue weighted by Gasteiger charge is -2.59. The van der Waals surface area contributed by atoms with Crippen LogP contribution in [0.5, 0.6) is 0 Å². The Hall–Kier alpha value is -0.0800. The first-order valence-corrected chi connectivity index (χ1v) is 7.11. The van der Waals surface area contributed by atoms with Crippen molar-refractivity contribution < 1.29 is 10.2 Å². The second kappa shape index (κ2) is 3.08. The van der Waals surface area contributed by atoms with E-state index in [9.17, 15) is 10.2 Å². The van der Waals surface area contributed by atoms with Gasteiger partial charge in [0.15, 0.2) is 0 Å². The molecule has 2 nitrogen and oxygen atoms in total. The van der Waals surface area contributed by atoms with Crippen LogP contribution in [0.25, 0.3) is 0 Å². The van der Waals surface area contributed by atoms with Crippen LogP contribution in [0.3, 0.4) is 0 Å². The number of fused-ring (bicyclic) bond motifs is 1. The molecule has 5 atom stereocenters. The Morgan fingerprint density at radius 2 is 1.65 bits per heavy atom. The molecule has 2 N–H and O–H groups in total. The van der Waals surface area contributed by atoms with E-state index in [1.807, 2.05) is 6.92 Å². The van der Waals surface area contributed by atoms with E-state index >= 15 is 0 Å². The van der Waals surface area contributed by atoms with E-state index in [-0.39, 0.29) is 11.5 Å². The first-order chi connectivity index (χ1) is 7.71. The molecule has 0 heterocycles. The average molecular weight is 238 g/mol. The lowest BCUT2D eigenvalue weighted by molar-refractivity contribution is -0.136. The molecule has 0 amide bonds. The molecule has 3 fully saturated rings. The zero-order valence-corrected chi connectivity index (χ0v) is 11.4. The second-order valence-corrected chi connectivity index (χ2v) is 8.08. The van der Waals surface area contributed by atoms with E-state index in [4.69, 9.17) is 0 Å². The third-order valence-electron chi connectivity index (χ3n) is 6.46. The maximum atomic E-state index is 10.5. The van der Waals surface area contributed by atoms with E-state index in [1.165, 1.54) is 6.42 Å². The molecule has 0 aliphatic heterocycles. The molecular weight excluding hydrogens is 212 g/mol. The molecule has 2 bridgehead atoms. The van der Waals surface area contributed by atoms with Gasteiger partial charge in [-0.2, -0.15) is 0 Å². The lowest BCUT2D eigenvalue weighted by Crippen LogP contribution is -2.53. The number of hydrogen-bond donors (Lipinski definition) is 2. The van der Waals surface area contributed by atoms with Crippen LogP contribution in [0.4, 0.5) is 0 Å². The largest absolute Gasteiger partial charge is 0.393 e. The highest BCUT2D eigenvalue weighted by Gasteiger charge is 2.65. The number of aliphatic hydroxyl groups is 2.